The Hall–Kier alpha value is -1.98. The van der Waals surface area contributed by atoms with Crippen LogP contribution in [0.3, 0.4) is 0 Å². The molecule has 4 nitrogen and oxygen atoms in total. The molecule has 0 heterocycles. The predicted octanol–water partition coefficient (Wildman–Crippen LogP) is 5.85. The molecule has 2 amide bonds. The second-order valence-corrected chi connectivity index (χ2v) is 9.17. The van der Waals surface area contributed by atoms with E-state index in [-0.39, 0.29) is 11.8 Å². The molecule has 1 N–H and O–H groups in total. The van der Waals surface area contributed by atoms with Gasteiger partial charge in [0.15, 0.2) is 0 Å². The summed E-state index contributed by atoms with van der Waals surface area (Å²) in [7, 11) is 0. The van der Waals surface area contributed by atoms with Gasteiger partial charge in [-0.25, -0.2) is 0 Å². The van der Waals surface area contributed by atoms with Gasteiger partial charge in [-0.05, 0) is 43.5 Å². The van der Waals surface area contributed by atoms with Crippen molar-refractivity contribution in [1.29, 1.82) is 0 Å². The first-order valence-corrected chi connectivity index (χ1v) is 12.3. The van der Waals surface area contributed by atoms with Crippen LogP contribution in [-0.4, -0.2) is 35.1 Å². The Morgan fingerprint density at radius 1 is 1.10 bits per heavy atom. The van der Waals surface area contributed by atoms with Crippen LogP contribution in [0.1, 0.15) is 50.7 Å². The Labute approximate surface area is 195 Å². The van der Waals surface area contributed by atoms with E-state index in [1.54, 1.807) is 16.7 Å². The van der Waals surface area contributed by atoms with Gasteiger partial charge in [0.1, 0.15) is 6.04 Å². The van der Waals surface area contributed by atoms with Gasteiger partial charge >= 0.3 is 0 Å². The van der Waals surface area contributed by atoms with Gasteiger partial charge in [0.05, 0.1) is 0 Å². The normalized spacial score (nSPS) is 11.7. The minimum atomic E-state index is -0.509. The number of unbranched alkanes of at least 4 members (excludes halogenated alkanes) is 1. The zero-order valence-corrected chi connectivity index (χ0v) is 20.3. The van der Waals surface area contributed by atoms with Crippen molar-refractivity contribution in [2.45, 2.75) is 63.9 Å². The molecule has 0 bridgehead atoms. The molecular weight excluding hydrogens is 428 g/mol. The van der Waals surface area contributed by atoms with Crippen molar-refractivity contribution in [3.63, 3.8) is 0 Å². The highest BCUT2D eigenvalue weighted by molar-refractivity contribution is 7.99. The molecule has 0 unspecified atom stereocenters. The van der Waals surface area contributed by atoms with E-state index in [1.807, 2.05) is 31.2 Å². The summed E-state index contributed by atoms with van der Waals surface area (Å²) in [4.78, 5) is 28.9. The third-order valence-corrected chi connectivity index (χ3v) is 6.50. The predicted molar refractivity (Wildman–Crippen MR) is 131 cm³/mol. The van der Waals surface area contributed by atoms with Crippen LogP contribution in [0.4, 0.5) is 0 Å². The summed E-state index contributed by atoms with van der Waals surface area (Å²) in [6.07, 6.45) is 2.85. The molecule has 2 aromatic rings. The van der Waals surface area contributed by atoms with E-state index in [2.05, 4.69) is 43.4 Å². The Morgan fingerprint density at radius 3 is 2.45 bits per heavy atom. The summed E-state index contributed by atoms with van der Waals surface area (Å²) in [5.74, 6) is 0.536. The van der Waals surface area contributed by atoms with Crippen molar-refractivity contribution in [1.82, 2.24) is 10.2 Å². The summed E-state index contributed by atoms with van der Waals surface area (Å²) in [6, 6.07) is 15.3. The second kappa shape index (κ2) is 13.4. The molecule has 1 atom stereocenters. The summed E-state index contributed by atoms with van der Waals surface area (Å²) in [5, 5.41) is 3.59. The molecule has 0 saturated carbocycles. The van der Waals surface area contributed by atoms with Crippen molar-refractivity contribution < 1.29 is 9.59 Å². The number of aryl methyl sites for hydroxylation is 1. The first kappa shape index (κ1) is 25.3. The average molecular weight is 461 g/mol. The Morgan fingerprint density at radius 2 is 1.81 bits per heavy atom. The van der Waals surface area contributed by atoms with Crippen molar-refractivity contribution in [3.8, 4) is 0 Å². The summed E-state index contributed by atoms with van der Waals surface area (Å²) in [6.45, 7) is 7.04. The lowest BCUT2D eigenvalue weighted by atomic mass is 10.1. The monoisotopic (exact) mass is 460 g/mol. The molecule has 0 aliphatic heterocycles. The largest absolute Gasteiger partial charge is 0.354 e. The van der Waals surface area contributed by atoms with Gasteiger partial charge in [-0.1, -0.05) is 67.8 Å². The highest BCUT2D eigenvalue weighted by atomic mass is 35.5. The van der Waals surface area contributed by atoms with Gasteiger partial charge in [0.2, 0.25) is 11.8 Å². The standard InChI is InChI=1S/C25H33ClN2O2S/c1-4-6-16-27-25(30)23(5-2)28(18-20-9-7-8-10-22(20)26)24(29)15-17-31-21-13-11-19(3)12-14-21/h7-14,23H,4-6,15-18H2,1-3H3,(H,27,30)/t23-/m0/s1. The van der Waals surface area contributed by atoms with Gasteiger partial charge in [0, 0.05) is 35.2 Å². The summed E-state index contributed by atoms with van der Waals surface area (Å²) >= 11 is 8.01. The van der Waals surface area contributed by atoms with Crippen LogP contribution in [0, 0.1) is 6.92 Å². The van der Waals surface area contributed by atoms with Crippen molar-refractivity contribution in [2.75, 3.05) is 12.3 Å². The van der Waals surface area contributed by atoms with Crippen LogP contribution in [0.25, 0.3) is 0 Å². The highest BCUT2D eigenvalue weighted by Gasteiger charge is 2.28. The van der Waals surface area contributed by atoms with Crippen LogP contribution in [0.15, 0.2) is 53.4 Å². The molecule has 0 aromatic heterocycles. The fourth-order valence-corrected chi connectivity index (χ4v) is 4.31. The number of hydrogen-bond acceptors (Lipinski definition) is 3. The Bertz CT molecular complexity index is 842. The number of benzene rings is 2. The number of nitrogens with one attached hydrogen (secondary N) is 1. The zero-order chi connectivity index (χ0) is 22.6. The quantitative estimate of drug-likeness (QED) is 0.319. The lowest BCUT2D eigenvalue weighted by Gasteiger charge is -2.31. The molecule has 0 aliphatic carbocycles. The fourth-order valence-electron chi connectivity index (χ4n) is 3.27. The smallest absolute Gasteiger partial charge is 0.242 e. The average Bonchev–Trinajstić information content (AvgIpc) is 2.76. The number of carbonyl (C=O) groups excluding carboxylic acids is 2. The number of halogens is 1. The molecule has 31 heavy (non-hydrogen) atoms. The molecule has 2 aromatic carbocycles. The summed E-state index contributed by atoms with van der Waals surface area (Å²) in [5.41, 5.74) is 2.06. The Balaban J connectivity index is 2.10. The summed E-state index contributed by atoms with van der Waals surface area (Å²) < 4.78 is 0. The van der Waals surface area contributed by atoms with Crippen LogP contribution >= 0.6 is 23.4 Å². The molecule has 0 saturated heterocycles. The minimum absolute atomic E-state index is 0.0305. The number of hydrogen-bond donors (Lipinski definition) is 1. The van der Waals surface area contributed by atoms with Gasteiger partial charge in [-0.15, -0.1) is 11.8 Å². The van der Waals surface area contributed by atoms with Crippen LogP contribution in [0.5, 0.6) is 0 Å². The Kier molecular flexibility index (Phi) is 11.0. The molecule has 2 rings (SSSR count). The molecule has 0 aliphatic rings. The maximum Gasteiger partial charge on any atom is 0.242 e. The number of rotatable bonds is 12. The topological polar surface area (TPSA) is 49.4 Å². The molecular formula is C25H33ClN2O2S. The molecule has 6 heteroatoms. The van der Waals surface area contributed by atoms with Gasteiger partial charge in [-0.2, -0.15) is 0 Å². The zero-order valence-electron chi connectivity index (χ0n) is 18.7. The van der Waals surface area contributed by atoms with E-state index in [0.717, 1.165) is 23.3 Å². The first-order valence-electron chi connectivity index (χ1n) is 11.0. The SMILES string of the molecule is CCCCNC(=O)[C@H](CC)N(Cc1ccccc1Cl)C(=O)CCSc1ccc(C)cc1. The number of amides is 2. The molecule has 0 fully saturated rings. The third kappa shape index (κ3) is 8.23. The lowest BCUT2D eigenvalue weighted by Crippen LogP contribution is -2.49. The van der Waals surface area contributed by atoms with E-state index in [0.29, 0.717) is 36.7 Å². The molecule has 168 valence electrons. The van der Waals surface area contributed by atoms with Crippen molar-refractivity contribution >= 4 is 35.2 Å². The molecule has 0 radical (unpaired) electrons. The number of thioether (sulfide) groups is 1. The minimum Gasteiger partial charge on any atom is -0.354 e. The first-order chi connectivity index (χ1) is 15.0. The van der Waals surface area contributed by atoms with E-state index in [4.69, 9.17) is 11.6 Å². The fraction of sp³-hybridized carbons (Fsp3) is 0.440. The highest BCUT2D eigenvalue weighted by Crippen LogP contribution is 2.23. The van der Waals surface area contributed by atoms with Gasteiger partial charge in [0.25, 0.3) is 0 Å². The van der Waals surface area contributed by atoms with E-state index < -0.39 is 6.04 Å². The van der Waals surface area contributed by atoms with Crippen molar-refractivity contribution in [3.05, 3.63) is 64.7 Å². The van der Waals surface area contributed by atoms with Crippen LogP contribution in [0.2, 0.25) is 5.02 Å². The third-order valence-electron chi connectivity index (χ3n) is 5.12. The second-order valence-electron chi connectivity index (χ2n) is 7.59. The maximum atomic E-state index is 13.2. The van der Waals surface area contributed by atoms with Crippen molar-refractivity contribution in [2.24, 2.45) is 0 Å². The van der Waals surface area contributed by atoms with E-state index in [1.165, 1.54) is 5.56 Å². The maximum absolute atomic E-state index is 13.2. The molecule has 0 spiro atoms. The van der Waals surface area contributed by atoms with Gasteiger partial charge in [-0.3, -0.25) is 9.59 Å². The number of carbonyl (C=O) groups is 2. The lowest BCUT2D eigenvalue weighted by molar-refractivity contribution is -0.141. The van der Waals surface area contributed by atoms with Crippen LogP contribution in [-0.2, 0) is 16.1 Å². The number of nitrogens with zero attached hydrogens (tertiary/aromatic N) is 1. The van der Waals surface area contributed by atoms with Crippen LogP contribution < -0.4 is 5.32 Å². The van der Waals surface area contributed by atoms with Gasteiger partial charge < -0.3 is 10.2 Å². The van der Waals surface area contributed by atoms with E-state index >= 15 is 0 Å². The van der Waals surface area contributed by atoms with E-state index in [9.17, 15) is 9.59 Å².